The summed E-state index contributed by atoms with van der Waals surface area (Å²) in [7, 11) is 0. The van der Waals surface area contributed by atoms with Crippen molar-refractivity contribution in [3.63, 3.8) is 0 Å². The molecule has 94 valence electrons. The van der Waals surface area contributed by atoms with Gasteiger partial charge in [0.2, 0.25) is 0 Å². The number of fused-ring (bicyclic) bond motifs is 1. The van der Waals surface area contributed by atoms with Gasteiger partial charge in [-0.25, -0.2) is 9.97 Å². The van der Waals surface area contributed by atoms with E-state index >= 15 is 0 Å². The van der Waals surface area contributed by atoms with Crippen molar-refractivity contribution >= 4 is 11.8 Å². The van der Waals surface area contributed by atoms with E-state index in [1.54, 1.807) is 0 Å². The van der Waals surface area contributed by atoms with Crippen LogP contribution >= 0.6 is 11.8 Å². The number of aryl methyl sites for hydroxylation is 1. The van der Waals surface area contributed by atoms with E-state index in [9.17, 15) is 0 Å². The highest BCUT2D eigenvalue weighted by Crippen LogP contribution is 2.28. The van der Waals surface area contributed by atoms with Gasteiger partial charge in [-0.1, -0.05) is 13.8 Å². The summed E-state index contributed by atoms with van der Waals surface area (Å²) in [6.45, 7) is 5.34. The molecule has 0 bridgehead atoms. The molecule has 0 amide bonds. The van der Waals surface area contributed by atoms with Gasteiger partial charge in [0.1, 0.15) is 5.82 Å². The number of hydrogen-bond acceptors (Lipinski definition) is 4. The Morgan fingerprint density at radius 1 is 1.47 bits per heavy atom. The lowest BCUT2D eigenvalue weighted by Crippen LogP contribution is -2.26. The maximum Gasteiger partial charge on any atom is 0.138 e. The van der Waals surface area contributed by atoms with E-state index in [1.807, 2.05) is 18.0 Å². The van der Waals surface area contributed by atoms with Crippen LogP contribution in [0.1, 0.15) is 49.8 Å². The summed E-state index contributed by atoms with van der Waals surface area (Å²) in [5.74, 6) is 3.06. The van der Waals surface area contributed by atoms with Crippen molar-refractivity contribution in [1.29, 1.82) is 0 Å². The van der Waals surface area contributed by atoms with Crippen LogP contribution in [0.25, 0.3) is 0 Å². The third-order valence-corrected chi connectivity index (χ3v) is 3.99. The molecule has 0 aromatic carbocycles. The molecule has 3 nitrogen and oxygen atoms in total. The van der Waals surface area contributed by atoms with Crippen molar-refractivity contribution in [1.82, 2.24) is 15.3 Å². The maximum absolute atomic E-state index is 4.71. The van der Waals surface area contributed by atoms with Crippen molar-refractivity contribution in [2.75, 3.05) is 12.3 Å². The van der Waals surface area contributed by atoms with Crippen LogP contribution in [-0.2, 0) is 12.2 Å². The topological polar surface area (TPSA) is 37.8 Å². The molecule has 0 radical (unpaired) electrons. The smallest absolute Gasteiger partial charge is 0.138 e. The molecule has 1 aromatic heterocycles. The minimum absolute atomic E-state index is 0.469. The van der Waals surface area contributed by atoms with Crippen molar-refractivity contribution in [2.24, 2.45) is 0 Å². The molecule has 4 heteroatoms. The zero-order chi connectivity index (χ0) is 12.1. The molecule has 0 aliphatic heterocycles. The first-order valence-electron chi connectivity index (χ1n) is 6.51. The van der Waals surface area contributed by atoms with Crippen molar-refractivity contribution < 1.29 is 0 Å². The number of aromatic nitrogens is 2. The fourth-order valence-corrected chi connectivity index (χ4v) is 2.84. The van der Waals surface area contributed by atoms with E-state index in [4.69, 9.17) is 4.98 Å². The lowest BCUT2D eigenvalue weighted by atomic mass is 9.92. The maximum atomic E-state index is 4.71. The first kappa shape index (κ1) is 12.8. The molecular formula is C13H21N3S. The summed E-state index contributed by atoms with van der Waals surface area (Å²) in [5.41, 5.74) is 2.59. The number of nitrogens with zero attached hydrogens (tertiary/aromatic N) is 2. The van der Waals surface area contributed by atoms with Gasteiger partial charge in [0, 0.05) is 23.5 Å². The minimum atomic E-state index is 0.469. The van der Waals surface area contributed by atoms with Crippen LogP contribution < -0.4 is 5.32 Å². The lowest BCUT2D eigenvalue weighted by Gasteiger charge is -2.25. The van der Waals surface area contributed by atoms with Gasteiger partial charge in [-0.05, 0) is 31.6 Å². The zero-order valence-electron chi connectivity index (χ0n) is 10.7. The zero-order valence-corrected chi connectivity index (χ0v) is 11.5. The Hall–Kier alpha value is -0.610. The molecular weight excluding hydrogens is 230 g/mol. The van der Waals surface area contributed by atoms with Crippen molar-refractivity contribution in [2.45, 2.75) is 44.9 Å². The Bertz CT molecular complexity index is 368. The fourth-order valence-electron chi connectivity index (χ4n) is 2.31. The molecule has 1 N–H and O–H groups in total. The van der Waals surface area contributed by atoms with E-state index < -0.39 is 0 Å². The van der Waals surface area contributed by atoms with Crippen LogP contribution in [0.15, 0.2) is 6.20 Å². The summed E-state index contributed by atoms with van der Waals surface area (Å²) in [5, 5.41) is 3.52. The van der Waals surface area contributed by atoms with Crippen LogP contribution in [0.2, 0.25) is 0 Å². The SMILES string of the molecule is CCNC1CCCc2nc(CSCC)ncc21. The molecule has 0 saturated carbocycles. The average molecular weight is 251 g/mol. The van der Waals surface area contributed by atoms with E-state index in [0.717, 1.165) is 30.3 Å². The number of thioether (sulfide) groups is 1. The molecule has 2 rings (SSSR count). The molecule has 1 aliphatic rings. The average Bonchev–Trinajstić information content (AvgIpc) is 2.37. The Morgan fingerprint density at radius 2 is 2.35 bits per heavy atom. The molecule has 1 atom stereocenters. The van der Waals surface area contributed by atoms with E-state index in [1.165, 1.54) is 24.1 Å². The van der Waals surface area contributed by atoms with Gasteiger partial charge in [-0.15, -0.1) is 0 Å². The Kier molecular flexibility index (Phi) is 4.80. The number of rotatable bonds is 5. The van der Waals surface area contributed by atoms with Gasteiger partial charge in [0.25, 0.3) is 0 Å². The standard InChI is InChI=1S/C13H21N3S/c1-3-14-11-6-5-7-12-10(11)8-15-13(16-12)9-17-4-2/h8,11,14H,3-7,9H2,1-2H3. The van der Waals surface area contributed by atoms with Gasteiger partial charge in [0.05, 0.1) is 5.75 Å². The molecule has 1 aromatic rings. The highest BCUT2D eigenvalue weighted by Gasteiger charge is 2.21. The van der Waals surface area contributed by atoms with Crippen LogP contribution in [0.5, 0.6) is 0 Å². The second kappa shape index (κ2) is 6.36. The number of nitrogens with one attached hydrogen (secondary N) is 1. The first-order valence-corrected chi connectivity index (χ1v) is 7.66. The quantitative estimate of drug-likeness (QED) is 0.873. The normalized spacial score (nSPS) is 19.1. The Labute approximate surface area is 108 Å². The monoisotopic (exact) mass is 251 g/mol. The second-order valence-electron chi connectivity index (χ2n) is 4.33. The van der Waals surface area contributed by atoms with Crippen LogP contribution in [-0.4, -0.2) is 22.3 Å². The van der Waals surface area contributed by atoms with Gasteiger partial charge in [-0.2, -0.15) is 11.8 Å². The van der Waals surface area contributed by atoms with Gasteiger partial charge >= 0.3 is 0 Å². The predicted molar refractivity (Wildman–Crippen MR) is 73.2 cm³/mol. The summed E-state index contributed by atoms with van der Waals surface area (Å²) in [6.07, 6.45) is 5.61. The third kappa shape index (κ3) is 3.19. The summed E-state index contributed by atoms with van der Waals surface area (Å²) >= 11 is 1.88. The van der Waals surface area contributed by atoms with Gasteiger partial charge < -0.3 is 5.32 Å². The second-order valence-corrected chi connectivity index (χ2v) is 5.60. The van der Waals surface area contributed by atoms with E-state index in [-0.39, 0.29) is 0 Å². The highest BCUT2D eigenvalue weighted by atomic mass is 32.2. The Balaban J connectivity index is 2.14. The molecule has 0 fully saturated rings. The highest BCUT2D eigenvalue weighted by molar-refractivity contribution is 7.98. The largest absolute Gasteiger partial charge is 0.310 e. The minimum Gasteiger partial charge on any atom is -0.310 e. The van der Waals surface area contributed by atoms with Crippen molar-refractivity contribution in [3.8, 4) is 0 Å². The fraction of sp³-hybridized carbons (Fsp3) is 0.692. The summed E-state index contributed by atoms with van der Waals surface area (Å²) in [6, 6.07) is 0.469. The third-order valence-electron chi connectivity index (χ3n) is 3.12. The van der Waals surface area contributed by atoms with E-state index in [2.05, 4.69) is 24.1 Å². The summed E-state index contributed by atoms with van der Waals surface area (Å²) < 4.78 is 0. The molecule has 1 aliphatic carbocycles. The van der Waals surface area contributed by atoms with Gasteiger partial charge in [0.15, 0.2) is 0 Å². The lowest BCUT2D eigenvalue weighted by molar-refractivity contribution is 0.463. The molecule has 1 unspecified atom stereocenters. The van der Waals surface area contributed by atoms with Gasteiger partial charge in [-0.3, -0.25) is 0 Å². The molecule has 0 saturated heterocycles. The molecule has 1 heterocycles. The van der Waals surface area contributed by atoms with E-state index in [0.29, 0.717) is 6.04 Å². The van der Waals surface area contributed by atoms with Crippen LogP contribution in [0.3, 0.4) is 0 Å². The van der Waals surface area contributed by atoms with Crippen LogP contribution in [0, 0.1) is 0 Å². The first-order chi connectivity index (χ1) is 8.35. The van der Waals surface area contributed by atoms with Crippen molar-refractivity contribution in [3.05, 3.63) is 23.3 Å². The van der Waals surface area contributed by atoms with Crippen LogP contribution in [0.4, 0.5) is 0 Å². The number of hydrogen-bond donors (Lipinski definition) is 1. The molecule has 17 heavy (non-hydrogen) atoms. The predicted octanol–water partition coefficient (Wildman–Crippen LogP) is 2.72. The summed E-state index contributed by atoms with van der Waals surface area (Å²) in [4.78, 5) is 9.20. The molecule has 0 spiro atoms. The Morgan fingerprint density at radius 3 is 3.12 bits per heavy atom.